The van der Waals surface area contributed by atoms with E-state index >= 15 is 0 Å². The molecule has 0 atom stereocenters. The Bertz CT molecular complexity index is 865. The van der Waals surface area contributed by atoms with Crippen molar-refractivity contribution in [1.82, 2.24) is 0 Å². The average molecular weight is 455 g/mol. The van der Waals surface area contributed by atoms with E-state index in [4.69, 9.17) is 19.6 Å². The molecule has 6 heteroatoms. The van der Waals surface area contributed by atoms with E-state index in [2.05, 4.69) is 48.5 Å². The lowest BCUT2D eigenvalue weighted by atomic mass is 9.87. The second-order valence-electron chi connectivity index (χ2n) is 10.7. The maximum absolute atomic E-state index is 12.4. The minimum Gasteiger partial charge on any atom is -0.289 e. The molecule has 2 rings (SSSR count). The lowest BCUT2D eigenvalue weighted by Crippen LogP contribution is -2.27. The SMILES string of the molecule is [CH2]C(C)(C)[C](OOC(=O)c1ccc(C(C)(C)C)cc1)OOC(=O)c1ccc(C(C)(C)C)cc1. The Kier molecular flexibility index (Phi) is 8.09. The number of hydrogen-bond acceptors (Lipinski definition) is 6. The van der Waals surface area contributed by atoms with E-state index < -0.39 is 17.4 Å². The van der Waals surface area contributed by atoms with Crippen LogP contribution in [0.25, 0.3) is 0 Å². The van der Waals surface area contributed by atoms with Crippen LogP contribution in [0.3, 0.4) is 0 Å². The van der Waals surface area contributed by atoms with E-state index in [0.717, 1.165) is 11.1 Å². The number of carbonyl (C=O) groups excluding carboxylic acids is 2. The second kappa shape index (κ2) is 10.1. The molecule has 0 aliphatic carbocycles. The zero-order valence-corrected chi connectivity index (χ0v) is 20.8. The van der Waals surface area contributed by atoms with Gasteiger partial charge in [0.05, 0.1) is 11.1 Å². The molecule has 178 valence electrons. The van der Waals surface area contributed by atoms with Gasteiger partial charge in [-0.05, 0) is 53.1 Å². The number of hydrogen-bond donors (Lipinski definition) is 0. The van der Waals surface area contributed by atoms with E-state index in [1.165, 1.54) is 0 Å². The predicted molar refractivity (Wildman–Crippen MR) is 126 cm³/mol. The molecule has 2 aromatic carbocycles. The lowest BCUT2D eigenvalue weighted by Gasteiger charge is -2.24. The highest BCUT2D eigenvalue weighted by molar-refractivity contribution is 5.89. The van der Waals surface area contributed by atoms with Crippen LogP contribution >= 0.6 is 0 Å². The molecule has 0 aromatic heterocycles. The predicted octanol–water partition coefficient (Wildman–Crippen LogP) is 6.51. The number of rotatable bonds is 7. The van der Waals surface area contributed by atoms with Crippen LogP contribution in [0.4, 0.5) is 0 Å². The first-order valence-corrected chi connectivity index (χ1v) is 10.8. The molecule has 0 fully saturated rings. The van der Waals surface area contributed by atoms with Gasteiger partial charge in [0.1, 0.15) is 0 Å². The molecule has 6 nitrogen and oxygen atoms in total. The maximum Gasteiger partial charge on any atom is 0.373 e. The van der Waals surface area contributed by atoms with Crippen LogP contribution in [-0.4, -0.2) is 11.9 Å². The molecule has 0 heterocycles. The standard InChI is InChI=1S/C27H34O6/c1-25(2,3)20-14-10-18(11-15-20)22(28)30-32-24(27(7,8)9)33-31-23(29)19-12-16-21(17-13-19)26(4,5)6/h10-17H,7H2,1-6,8-9H3. The van der Waals surface area contributed by atoms with Crippen molar-refractivity contribution < 1.29 is 29.1 Å². The normalized spacial score (nSPS) is 12.5. The Morgan fingerprint density at radius 2 is 0.879 bits per heavy atom. The highest BCUT2D eigenvalue weighted by Crippen LogP contribution is 2.31. The van der Waals surface area contributed by atoms with Crippen LogP contribution in [0.5, 0.6) is 0 Å². The maximum atomic E-state index is 12.4. The molecule has 0 aliphatic heterocycles. The summed E-state index contributed by atoms with van der Waals surface area (Å²) in [4.78, 5) is 44.7. The Morgan fingerprint density at radius 3 is 1.12 bits per heavy atom. The monoisotopic (exact) mass is 454 g/mol. The van der Waals surface area contributed by atoms with Gasteiger partial charge in [0.25, 0.3) is 0 Å². The Labute approximate surface area is 197 Å². The number of benzene rings is 2. The lowest BCUT2D eigenvalue weighted by molar-refractivity contribution is -0.378. The van der Waals surface area contributed by atoms with Crippen molar-refractivity contribution >= 4 is 11.9 Å². The highest BCUT2D eigenvalue weighted by atomic mass is 17.3. The van der Waals surface area contributed by atoms with Gasteiger partial charge in [-0.3, -0.25) is 9.78 Å². The molecule has 2 radical (unpaired) electrons. The Hall–Kier alpha value is -2.70. The summed E-state index contributed by atoms with van der Waals surface area (Å²) in [5, 5.41) is 0. The fraction of sp³-hybridized carbons (Fsp3) is 0.407. The van der Waals surface area contributed by atoms with Crippen molar-refractivity contribution in [2.45, 2.75) is 66.2 Å². The summed E-state index contributed by atoms with van der Waals surface area (Å²) in [6.45, 7) is 19.7. The molecule has 0 spiro atoms. The molecule has 33 heavy (non-hydrogen) atoms. The molecule has 0 saturated heterocycles. The van der Waals surface area contributed by atoms with Gasteiger partial charge in [-0.25, -0.2) is 9.59 Å². The third-order valence-electron chi connectivity index (χ3n) is 4.91. The van der Waals surface area contributed by atoms with Gasteiger partial charge < -0.3 is 0 Å². The second-order valence-corrected chi connectivity index (χ2v) is 10.7. The van der Waals surface area contributed by atoms with Crippen LogP contribution in [0.15, 0.2) is 48.5 Å². The summed E-state index contributed by atoms with van der Waals surface area (Å²) >= 11 is 0. The largest absolute Gasteiger partial charge is 0.373 e. The van der Waals surface area contributed by atoms with Crippen LogP contribution in [0, 0.1) is 18.6 Å². The minimum atomic E-state index is -0.979. The van der Waals surface area contributed by atoms with Gasteiger partial charge in [0.2, 0.25) is 0 Å². The topological polar surface area (TPSA) is 71.1 Å². The Balaban J connectivity index is 1.98. The quantitative estimate of drug-likeness (QED) is 0.351. The molecule has 2 aromatic rings. The van der Waals surface area contributed by atoms with Crippen LogP contribution < -0.4 is 0 Å². The summed E-state index contributed by atoms with van der Waals surface area (Å²) in [7, 11) is 0. The van der Waals surface area contributed by atoms with E-state index in [9.17, 15) is 9.59 Å². The van der Waals surface area contributed by atoms with Gasteiger partial charge in [-0.1, -0.05) is 79.7 Å². The zero-order chi connectivity index (χ0) is 25.0. The van der Waals surface area contributed by atoms with E-state index in [1.54, 1.807) is 38.1 Å². The van der Waals surface area contributed by atoms with Gasteiger partial charge in [0, 0.05) is 5.41 Å². The molecule has 0 unspecified atom stereocenters. The Morgan fingerprint density at radius 1 is 0.576 bits per heavy atom. The van der Waals surface area contributed by atoms with E-state index in [-0.39, 0.29) is 17.1 Å². The van der Waals surface area contributed by atoms with Gasteiger partial charge in [0.15, 0.2) is 0 Å². The fourth-order valence-corrected chi connectivity index (χ4v) is 2.70. The molecule has 0 amide bonds. The fourth-order valence-electron chi connectivity index (χ4n) is 2.70. The summed E-state index contributed by atoms with van der Waals surface area (Å²) in [6.07, 6.45) is -0.276. The molecular weight excluding hydrogens is 420 g/mol. The number of carbonyl (C=O) groups is 2. The molecular formula is C27H34O6. The first-order valence-electron chi connectivity index (χ1n) is 10.8. The first-order chi connectivity index (χ1) is 15.1. The van der Waals surface area contributed by atoms with Crippen LogP contribution in [0.2, 0.25) is 0 Å². The van der Waals surface area contributed by atoms with Crippen molar-refractivity contribution in [2.24, 2.45) is 5.41 Å². The van der Waals surface area contributed by atoms with Crippen molar-refractivity contribution in [3.8, 4) is 0 Å². The zero-order valence-electron chi connectivity index (χ0n) is 20.8. The summed E-state index contributed by atoms with van der Waals surface area (Å²) in [5.41, 5.74) is 1.71. The summed E-state index contributed by atoms with van der Waals surface area (Å²) in [6, 6.07) is 14.1. The van der Waals surface area contributed by atoms with Gasteiger partial charge in [-0.2, -0.15) is 0 Å². The smallest absolute Gasteiger partial charge is 0.289 e. The van der Waals surface area contributed by atoms with Crippen molar-refractivity contribution in [3.63, 3.8) is 0 Å². The van der Waals surface area contributed by atoms with E-state index in [0.29, 0.717) is 11.1 Å². The molecule has 0 bridgehead atoms. The molecule has 0 saturated carbocycles. The first kappa shape index (κ1) is 26.6. The third-order valence-corrected chi connectivity index (χ3v) is 4.91. The molecule has 0 aliphatic rings. The third kappa shape index (κ3) is 7.69. The van der Waals surface area contributed by atoms with Crippen LogP contribution in [-0.2, 0) is 30.4 Å². The summed E-state index contributed by atoms with van der Waals surface area (Å²) < 4.78 is 0. The molecule has 0 N–H and O–H groups in total. The van der Waals surface area contributed by atoms with E-state index in [1.807, 2.05) is 24.3 Å². The van der Waals surface area contributed by atoms with Crippen molar-refractivity contribution in [3.05, 3.63) is 84.0 Å². The highest BCUT2D eigenvalue weighted by Gasteiger charge is 2.34. The van der Waals surface area contributed by atoms with Crippen molar-refractivity contribution in [1.29, 1.82) is 0 Å². The summed E-state index contributed by atoms with van der Waals surface area (Å²) in [5.74, 6) is -1.44. The van der Waals surface area contributed by atoms with Gasteiger partial charge >= 0.3 is 18.2 Å². The minimum absolute atomic E-state index is 0.0391. The van der Waals surface area contributed by atoms with Crippen LogP contribution in [0.1, 0.15) is 87.2 Å². The van der Waals surface area contributed by atoms with Gasteiger partial charge in [-0.15, -0.1) is 9.78 Å². The van der Waals surface area contributed by atoms with Crippen molar-refractivity contribution in [2.75, 3.05) is 0 Å². The average Bonchev–Trinajstić information content (AvgIpc) is 2.71.